The zero-order valence-corrected chi connectivity index (χ0v) is 14.7. The number of aromatic nitrogens is 2. The molecule has 0 radical (unpaired) electrons. The number of nitrogens with one attached hydrogen (secondary N) is 2. The number of piperidine rings is 1. The van der Waals surface area contributed by atoms with Crippen LogP contribution in [0.1, 0.15) is 47.7 Å². The average Bonchev–Trinajstić information content (AvgIpc) is 3.28. The number of amides is 1. The third kappa shape index (κ3) is 4.05. The lowest BCUT2D eigenvalue weighted by Crippen LogP contribution is -2.47. The summed E-state index contributed by atoms with van der Waals surface area (Å²) in [5.41, 5.74) is 1.88. The third-order valence-electron chi connectivity index (χ3n) is 4.93. The van der Waals surface area contributed by atoms with Gasteiger partial charge >= 0.3 is 0 Å². The van der Waals surface area contributed by atoms with E-state index in [2.05, 4.69) is 15.7 Å². The van der Waals surface area contributed by atoms with Crippen molar-refractivity contribution in [3.8, 4) is 0 Å². The van der Waals surface area contributed by atoms with Crippen LogP contribution in [0.5, 0.6) is 0 Å². The van der Waals surface area contributed by atoms with E-state index >= 15 is 0 Å². The number of methoxy groups -OCH3 is 1. The van der Waals surface area contributed by atoms with Crippen LogP contribution < -0.4 is 10.6 Å². The van der Waals surface area contributed by atoms with Gasteiger partial charge in [-0.25, -0.2) is 0 Å². The van der Waals surface area contributed by atoms with E-state index < -0.39 is 0 Å². The van der Waals surface area contributed by atoms with Gasteiger partial charge in [0.15, 0.2) is 0 Å². The molecule has 1 saturated carbocycles. The van der Waals surface area contributed by atoms with Gasteiger partial charge in [-0.05, 0) is 38.8 Å². The number of carbonyl (C=O) groups excluding carboxylic acids is 1. The minimum Gasteiger partial charge on any atom is -0.384 e. The van der Waals surface area contributed by atoms with Gasteiger partial charge in [0.2, 0.25) is 0 Å². The van der Waals surface area contributed by atoms with Crippen LogP contribution in [0.25, 0.3) is 0 Å². The van der Waals surface area contributed by atoms with Gasteiger partial charge in [0.25, 0.3) is 5.91 Å². The summed E-state index contributed by atoms with van der Waals surface area (Å²) >= 11 is 0. The molecule has 1 aromatic rings. The number of halogens is 1. The molecule has 7 heteroatoms. The molecular formula is C16H27ClN4O2. The SMILES string of the molecule is COCC1(CNC(=O)c2cnn(C)c2C2CC2)CCNCC1.Cl. The number of ether oxygens (including phenoxy) is 1. The first-order chi connectivity index (χ1) is 10.7. The second-order valence-electron chi connectivity index (χ2n) is 6.71. The molecule has 2 aliphatic rings. The van der Waals surface area contributed by atoms with Gasteiger partial charge < -0.3 is 15.4 Å². The number of aryl methyl sites for hydroxylation is 1. The van der Waals surface area contributed by atoms with Crippen molar-refractivity contribution in [2.75, 3.05) is 33.4 Å². The summed E-state index contributed by atoms with van der Waals surface area (Å²) in [4.78, 5) is 12.6. The molecule has 1 aliphatic heterocycles. The quantitative estimate of drug-likeness (QED) is 0.821. The Labute approximate surface area is 143 Å². The highest BCUT2D eigenvalue weighted by atomic mass is 35.5. The zero-order chi connectivity index (χ0) is 15.6. The van der Waals surface area contributed by atoms with Crippen molar-refractivity contribution in [2.24, 2.45) is 12.5 Å². The second-order valence-corrected chi connectivity index (χ2v) is 6.71. The van der Waals surface area contributed by atoms with E-state index in [0.717, 1.165) is 37.2 Å². The molecule has 1 aromatic heterocycles. The van der Waals surface area contributed by atoms with Crippen molar-refractivity contribution in [3.05, 3.63) is 17.5 Å². The molecule has 0 bridgehead atoms. The van der Waals surface area contributed by atoms with E-state index in [1.165, 1.54) is 12.8 Å². The Bertz CT molecular complexity index is 531. The summed E-state index contributed by atoms with van der Waals surface area (Å²) in [5.74, 6) is 0.518. The molecule has 0 aromatic carbocycles. The van der Waals surface area contributed by atoms with Gasteiger partial charge in [-0.2, -0.15) is 5.10 Å². The van der Waals surface area contributed by atoms with Crippen LogP contribution in [-0.2, 0) is 11.8 Å². The Morgan fingerprint density at radius 3 is 2.78 bits per heavy atom. The van der Waals surface area contributed by atoms with Crippen molar-refractivity contribution < 1.29 is 9.53 Å². The molecule has 0 unspecified atom stereocenters. The van der Waals surface area contributed by atoms with E-state index in [1.807, 2.05) is 11.7 Å². The number of carbonyl (C=O) groups is 1. The minimum atomic E-state index is 0. The first-order valence-electron chi connectivity index (χ1n) is 8.15. The predicted molar refractivity (Wildman–Crippen MR) is 91.2 cm³/mol. The molecule has 2 heterocycles. The van der Waals surface area contributed by atoms with Crippen LogP contribution in [0.15, 0.2) is 6.20 Å². The average molecular weight is 343 g/mol. The van der Waals surface area contributed by atoms with Gasteiger partial charge in [0, 0.05) is 32.0 Å². The fourth-order valence-electron chi connectivity index (χ4n) is 3.46. The van der Waals surface area contributed by atoms with E-state index in [-0.39, 0.29) is 23.7 Å². The maximum atomic E-state index is 12.6. The molecule has 0 spiro atoms. The smallest absolute Gasteiger partial charge is 0.254 e. The van der Waals surface area contributed by atoms with Gasteiger partial charge in [-0.1, -0.05) is 0 Å². The number of hydrogen-bond donors (Lipinski definition) is 2. The molecular weight excluding hydrogens is 316 g/mol. The minimum absolute atomic E-state index is 0. The monoisotopic (exact) mass is 342 g/mol. The lowest BCUT2D eigenvalue weighted by Gasteiger charge is -2.37. The lowest BCUT2D eigenvalue weighted by molar-refractivity contribution is 0.0511. The van der Waals surface area contributed by atoms with Gasteiger partial charge in [0.05, 0.1) is 24.1 Å². The van der Waals surface area contributed by atoms with Crippen LogP contribution in [-0.4, -0.2) is 49.0 Å². The summed E-state index contributed by atoms with van der Waals surface area (Å²) in [6, 6.07) is 0. The molecule has 0 atom stereocenters. The summed E-state index contributed by atoms with van der Waals surface area (Å²) in [6.45, 7) is 3.33. The summed E-state index contributed by atoms with van der Waals surface area (Å²) in [5, 5.41) is 10.8. The fraction of sp³-hybridized carbons (Fsp3) is 0.750. The van der Waals surface area contributed by atoms with Crippen LogP contribution in [0.4, 0.5) is 0 Å². The Hall–Kier alpha value is -1.11. The highest BCUT2D eigenvalue weighted by Gasteiger charge is 2.34. The number of nitrogens with zero attached hydrogens (tertiary/aromatic N) is 2. The Balaban J connectivity index is 0.00000192. The van der Waals surface area contributed by atoms with Crippen molar-refractivity contribution in [1.82, 2.24) is 20.4 Å². The number of rotatable bonds is 6. The predicted octanol–water partition coefficient (Wildman–Crippen LogP) is 1.47. The maximum Gasteiger partial charge on any atom is 0.254 e. The van der Waals surface area contributed by atoms with Gasteiger partial charge in [0.1, 0.15) is 0 Å². The standard InChI is InChI=1S/C16H26N4O2.ClH/c1-20-14(12-3-4-12)13(9-19-20)15(21)18-10-16(11-22-2)5-7-17-8-6-16;/h9,12,17H,3-8,10-11H2,1-2H3,(H,18,21);1H. The molecule has 2 fully saturated rings. The van der Waals surface area contributed by atoms with Crippen LogP contribution in [0, 0.1) is 5.41 Å². The molecule has 2 N–H and O–H groups in total. The highest BCUT2D eigenvalue weighted by Crippen LogP contribution is 2.41. The molecule has 23 heavy (non-hydrogen) atoms. The Morgan fingerprint density at radius 1 is 1.48 bits per heavy atom. The van der Waals surface area contributed by atoms with E-state index in [1.54, 1.807) is 13.3 Å². The van der Waals surface area contributed by atoms with Crippen molar-refractivity contribution >= 4 is 18.3 Å². The Kier molecular flexibility index (Phi) is 6.06. The van der Waals surface area contributed by atoms with Crippen molar-refractivity contribution in [1.29, 1.82) is 0 Å². The van der Waals surface area contributed by atoms with Crippen LogP contribution >= 0.6 is 12.4 Å². The largest absolute Gasteiger partial charge is 0.384 e. The first-order valence-corrected chi connectivity index (χ1v) is 8.15. The normalized spacial score (nSPS) is 19.9. The fourth-order valence-corrected chi connectivity index (χ4v) is 3.46. The van der Waals surface area contributed by atoms with E-state index in [9.17, 15) is 4.79 Å². The topological polar surface area (TPSA) is 68.2 Å². The Morgan fingerprint density at radius 2 is 2.17 bits per heavy atom. The molecule has 6 nitrogen and oxygen atoms in total. The van der Waals surface area contributed by atoms with E-state index in [4.69, 9.17) is 4.74 Å². The second kappa shape index (κ2) is 7.64. The zero-order valence-electron chi connectivity index (χ0n) is 13.9. The summed E-state index contributed by atoms with van der Waals surface area (Å²) < 4.78 is 7.25. The van der Waals surface area contributed by atoms with E-state index in [0.29, 0.717) is 19.1 Å². The molecule has 3 rings (SSSR count). The first kappa shape index (κ1) is 18.2. The molecule has 1 saturated heterocycles. The van der Waals surface area contributed by atoms with Crippen LogP contribution in [0.2, 0.25) is 0 Å². The molecule has 1 amide bonds. The molecule has 130 valence electrons. The van der Waals surface area contributed by atoms with Crippen LogP contribution in [0.3, 0.4) is 0 Å². The van der Waals surface area contributed by atoms with Crippen molar-refractivity contribution in [3.63, 3.8) is 0 Å². The van der Waals surface area contributed by atoms with Gasteiger partial charge in [-0.3, -0.25) is 9.48 Å². The van der Waals surface area contributed by atoms with Crippen molar-refractivity contribution in [2.45, 2.75) is 31.6 Å². The summed E-state index contributed by atoms with van der Waals surface area (Å²) in [6.07, 6.45) is 6.10. The lowest BCUT2D eigenvalue weighted by atomic mass is 9.79. The van der Waals surface area contributed by atoms with Gasteiger partial charge in [-0.15, -0.1) is 12.4 Å². The molecule has 1 aliphatic carbocycles. The number of hydrogen-bond acceptors (Lipinski definition) is 4. The maximum absolute atomic E-state index is 12.6. The highest BCUT2D eigenvalue weighted by molar-refractivity contribution is 5.95. The summed E-state index contributed by atoms with van der Waals surface area (Å²) in [7, 11) is 3.65. The third-order valence-corrected chi connectivity index (χ3v) is 4.93.